The van der Waals surface area contributed by atoms with Gasteiger partial charge in [0.15, 0.2) is 5.50 Å². The van der Waals surface area contributed by atoms with Gasteiger partial charge in [-0.2, -0.15) is 0 Å². The minimum atomic E-state index is -0.308. The summed E-state index contributed by atoms with van der Waals surface area (Å²) in [5.41, 5.74) is 3.12. The molecule has 1 aromatic heterocycles. The number of hydrogen-bond acceptors (Lipinski definition) is 6. The number of unbranched alkanes of at least 4 members (excludes halogenated alkanes) is 2. The van der Waals surface area contributed by atoms with Crippen LogP contribution in [-0.4, -0.2) is 34.6 Å². The summed E-state index contributed by atoms with van der Waals surface area (Å²) >= 11 is 3.18. The topological polar surface area (TPSA) is 58.6 Å². The van der Waals surface area contributed by atoms with Crippen LogP contribution in [0.2, 0.25) is 0 Å². The minimum Gasteiger partial charge on any atom is -0.465 e. The van der Waals surface area contributed by atoms with Crippen molar-refractivity contribution in [2.75, 3.05) is 17.7 Å². The number of rotatable bonds is 9. The Balaban J connectivity index is 1.53. The van der Waals surface area contributed by atoms with E-state index in [2.05, 4.69) is 33.0 Å². The Hall–Kier alpha value is -1.99. The molecule has 2 heterocycles. The van der Waals surface area contributed by atoms with Gasteiger partial charge in [-0.1, -0.05) is 70.9 Å². The molecule has 0 saturated heterocycles. The molecule has 0 fully saturated rings. The van der Waals surface area contributed by atoms with Gasteiger partial charge in [-0.15, -0.1) is 23.1 Å². The number of benzene rings is 1. The van der Waals surface area contributed by atoms with E-state index in [-0.39, 0.29) is 28.5 Å². The number of nitrogens with zero attached hydrogens (tertiary/aromatic N) is 1. The number of thiophene rings is 1. The molecule has 1 amide bonds. The first-order valence-electron chi connectivity index (χ1n) is 12.8. The molecule has 0 saturated carbocycles. The number of thioether (sulfide) groups is 1. The van der Waals surface area contributed by atoms with E-state index in [4.69, 9.17) is 4.74 Å². The van der Waals surface area contributed by atoms with Gasteiger partial charge in [0, 0.05) is 11.4 Å². The number of carbonyl (C=O) groups is 2. The lowest BCUT2D eigenvalue weighted by Crippen LogP contribution is -2.46. The molecular formula is C28H38N2O3S2. The van der Waals surface area contributed by atoms with Crippen LogP contribution in [0.1, 0.15) is 79.7 Å². The lowest BCUT2D eigenvalue weighted by Gasteiger charge is -2.37. The Morgan fingerprint density at radius 3 is 2.71 bits per heavy atom. The van der Waals surface area contributed by atoms with Crippen LogP contribution in [0.4, 0.5) is 5.00 Å². The van der Waals surface area contributed by atoms with E-state index >= 15 is 0 Å². The highest BCUT2D eigenvalue weighted by molar-refractivity contribution is 8.00. The van der Waals surface area contributed by atoms with Crippen LogP contribution in [0.25, 0.3) is 0 Å². The van der Waals surface area contributed by atoms with Crippen molar-refractivity contribution < 1.29 is 14.3 Å². The Bertz CT molecular complexity index is 1030. The summed E-state index contributed by atoms with van der Waals surface area (Å²) in [5, 5.41) is 4.58. The summed E-state index contributed by atoms with van der Waals surface area (Å²) in [6, 6.07) is 10.1. The molecule has 35 heavy (non-hydrogen) atoms. The average molecular weight is 515 g/mol. The van der Waals surface area contributed by atoms with Crippen LogP contribution in [0.3, 0.4) is 0 Å². The molecule has 190 valence electrons. The van der Waals surface area contributed by atoms with Crippen LogP contribution < -0.4 is 5.32 Å². The zero-order valence-electron chi connectivity index (χ0n) is 21.4. The monoisotopic (exact) mass is 514 g/mol. The number of anilines is 1. The second kappa shape index (κ2) is 11.4. The van der Waals surface area contributed by atoms with Gasteiger partial charge >= 0.3 is 5.97 Å². The van der Waals surface area contributed by atoms with Crippen molar-refractivity contribution in [3.63, 3.8) is 0 Å². The number of esters is 1. The van der Waals surface area contributed by atoms with E-state index in [9.17, 15) is 9.59 Å². The molecular weight excluding hydrogens is 476 g/mol. The van der Waals surface area contributed by atoms with Crippen LogP contribution in [0, 0.1) is 11.3 Å². The molecule has 2 aliphatic rings. The van der Waals surface area contributed by atoms with Gasteiger partial charge in [0.05, 0.1) is 17.9 Å². The van der Waals surface area contributed by atoms with Crippen molar-refractivity contribution >= 4 is 40.0 Å². The van der Waals surface area contributed by atoms with Crippen LogP contribution in [-0.2, 0) is 28.9 Å². The summed E-state index contributed by atoms with van der Waals surface area (Å²) in [5.74, 6) is 0.695. The highest BCUT2D eigenvalue weighted by Crippen LogP contribution is 2.47. The molecule has 7 heteroatoms. The zero-order valence-corrected chi connectivity index (χ0v) is 23.0. The van der Waals surface area contributed by atoms with Gasteiger partial charge < -0.3 is 15.0 Å². The predicted molar refractivity (Wildman–Crippen MR) is 146 cm³/mol. The maximum atomic E-state index is 13.9. The van der Waals surface area contributed by atoms with Gasteiger partial charge in [-0.3, -0.25) is 9.59 Å². The van der Waals surface area contributed by atoms with Crippen molar-refractivity contribution in [3.05, 3.63) is 51.9 Å². The first kappa shape index (κ1) is 26.1. The van der Waals surface area contributed by atoms with E-state index in [0.717, 1.165) is 54.7 Å². The standard InChI is InChI=1S/C28H38N2O3S2/c1-5-6-10-15-33-23(31)18-34-27-29-25-24(26(32)30(27)17-19-11-8-7-9-12-19)21-14-13-20(28(2,3)4)16-22(21)35-25/h7-9,11-12,20,27,29H,5-6,10,13-18H2,1-4H3/t20-,27-/m1/s1. The summed E-state index contributed by atoms with van der Waals surface area (Å²) in [7, 11) is 0. The highest BCUT2D eigenvalue weighted by atomic mass is 32.2. The molecule has 1 N–H and O–H groups in total. The Morgan fingerprint density at radius 2 is 2.00 bits per heavy atom. The third-order valence-corrected chi connectivity index (χ3v) is 9.34. The van der Waals surface area contributed by atoms with Crippen LogP contribution in [0.5, 0.6) is 0 Å². The molecule has 0 radical (unpaired) electrons. The molecule has 1 aliphatic heterocycles. The zero-order chi connectivity index (χ0) is 25.0. The molecule has 0 spiro atoms. The molecule has 1 aliphatic carbocycles. The Kier molecular flexibility index (Phi) is 8.48. The molecule has 1 aromatic carbocycles. The van der Waals surface area contributed by atoms with Gasteiger partial charge in [0.1, 0.15) is 5.00 Å². The number of fused-ring (bicyclic) bond motifs is 3. The first-order chi connectivity index (χ1) is 16.8. The quantitative estimate of drug-likeness (QED) is 0.297. The maximum Gasteiger partial charge on any atom is 0.316 e. The van der Waals surface area contributed by atoms with Gasteiger partial charge in [0.2, 0.25) is 0 Å². The van der Waals surface area contributed by atoms with Gasteiger partial charge in [-0.25, -0.2) is 0 Å². The smallest absolute Gasteiger partial charge is 0.316 e. The second-order valence-corrected chi connectivity index (χ2v) is 12.8. The van der Waals surface area contributed by atoms with E-state index in [1.165, 1.54) is 22.2 Å². The fourth-order valence-corrected chi connectivity index (χ4v) is 7.23. The number of nitrogens with one attached hydrogen (secondary N) is 1. The van der Waals surface area contributed by atoms with E-state index in [1.54, 1.807) is 11.3 Å². The number of carbonyl (C=O) groups excluding carboxylic acids is 2. The van der Waals surface area contributed by atoms with Gasteiger partial charge in [0.25, 0.3) is 5.91 Å². The summed E-state index contributed by atoms with van der Waals surface area (Å²) in [6.07, 6.45) is 6.16. The number of hydrogen-bond donors (Lipinski definition) is 1. The van der Waals surface area contributed by atoms with Crippen LogP contribution >= 0.6 is 23.1 Å². The molecule has 5 nitrogen and oxygen atoms in total. The van der Waals surface area contributed by atoms with Crippen molar-refractivity contribution in [3.8, 4) is 0 Å². The predicted octanol–water partition coefficient (Wildman–Crippen LogP) is 6.72. The highest BCUT2D eigenvalue weighted by Gasteiger charge is 2.40. The average Bonchev–Trinajstić information content (AvgIpc) is 3.20. The first-order valence-corrected chi connectivity index (χ1v) is 14.7. The largest absolute Gasteiger partial charge is 0.465 e. The lowest BCUT2D eigenvalue weighted by molar-refractivity contribution is -0.140. The molecule has 0 bridgehead atoms. The van der Waals surface area contributed by atoms with Crippen molar-refractivity contribution in [2.45, 2.75) is 78.3 Å². The minimum absolute atomic E-state index is 0.0723. The molecule has 4 rings (SSSR count). The van der Waals surface area contributed by atoms with Crippen molar-refractivity contribution in [2.24, 2.45) is 11.3 Å². The summed E-state index contributed by atoms with van der Waals surface area (Å²) in [6.45, 7) is 10.0. The normalized spacial score (nSPS) is 19.7. The van der Waals surface area contributed by atoms with Crippen LogP contribution in [0.15, 0.2) is 30.3 Å². The maximum absolute atomic E-state index is 13.9. The summed E-state index contributed by atoms with van der Waals surface area (Å²) < 4.78 is 5.41. The third-order valence-electron chi connectivity index (χ3n) is 7.07. The molecule has 2 atom stereocenters. The lowest BCUT2D eigenvalue weighted by atomic mass is 9.72. The van der Waals surface area contributed by atoms with E-state index in [0.29, 0.717) is 19.1 Å². The summed E-state index contributed by atoms with van der Waals surface area (Å²) in [4.78, 5) is 29.5. The SMILES string of the molecule is CCCCCOC(=O)CS[C@@H]1Nc2sc3c(c2C(=O)N1Cc1ccccc1)CC[C@@H](C(C)(C)C)C3. The third kappa shape index (κ3) is 6.23. The molecule has 0 unspecified atom stereocenters. The second-order valence-electron chi connectivity index (χ2n) is 10.7. The van der Waals surface area contributed by atoms with E-state index in [1.807, 2.05) is 35.2 Å². The Labute approximate surface area is 218 Å². The number of amides is 1. The van der Waals surface area contributed by atoms with Crippen molar-refractivity contribution in [1.29, 1.82) is 0 Å². The number of ether oxygens (including phenoxy) is 1. The fourth-order valence-electron chi connectivity index (χ4n) is 4.89. The van der Waals surface area contributed by atoms with Crippen molar-refractivity contribution in [1.82, 2.24) is 4.90 Å². The fraction of sp³-hybridized carbons (Fsp3) is 0.571. The molecule has 2 aromatic rings. The van der Waals surface area contributed by atoms with E-state index < -0.39 is 0 Å². The van der Waals surface area contributed by atoms with Gasteiger partial charge in [-0.05, 0) is 48.1 Å². The Morgan fingerprint density at radius 1 is 1.23 bits per heavy atom.